The van der Waals surface area contributed by atoms with E-state index in [0.717, 1.165) is 41.4 Å². The van der Waals surface area contributed by atoms with Crippen LogP contribution in [0, 0.1) is 46.8 Å². The van der Waals surface area contributed by atoms with Crippen LogP contribution in [0.3, 0.4) is 0 Å². The van der Waals surface area contributed by atoms with Crippen molar-refractivity contribution in [3.63, 3.8) is 0 Å². The summed E-state index contributed by atoms with van der Waals surface area (Å²) in [5.74, 6) is 6.66. The van der Waals surface area contributed by atoms with Crippen LogP contribution in [-0.2, 0) is 0 Å². The number of hydrogen-bond acceptors (Lipinski definition) is 0. The zero-order valence-corrected chi connectivity index (χ0v) is 13.7. The molecule has 0 heteroatoms. The Bertz CT molecular complexity index is 292. The molecule has 2 fully saturated rings. The molecule has 0 heterocycles. The van der Waals surface area contributed by atoms with Gasteiger partial charge in [-0.1, -0.05) is 54.9 Å². The largest absolute Gasteiger partial charge is 0.0651 e. The van der Waals surface area contributed by atoms with Crippen molar-refractivity contribution in [2.75, 3.05) is 0 Å². The summed E-state index contributed by atoms with van der Waals surface area (Å²) in [6.07, 6.45) is 4.37. The molecular weight excluding hydrogens is 216 g/mol. The highest BCUT2D eigenvalue weighted by Crippen LogP contribution is 2.67. The van der Waals surface area contributed by atoms with Crippen molar-refractivity contribution < 1.29 is 0 Å². The third-order valence-electron chi connectivity index (χ3n) is 6.85. The fourth-order valence-corrected chi connectivity index (χ4v) is 6.19. The molecule has 7 unspecified atom stereocenters. The smallest absolute Gasteiger partial charge is 0.0256 e. The van der Waals surface area contributed by atoms with Gasteiger partial charge in [0.15, 0.2) is 0 Å². The third kappa shape index (κ3) is 1.95. The van der Waals surface area contributed by atoms with Crippen LogP contribution in [0.25, 0.3) is 0 Å². The molecule has 18 heavy (non-hydrogen) atoms. The van der Waals surface area contributed by atoms with Gasteiger partial charge < -0.3 is 0 Å². The maximum Gasteiger partial charge on any atom is -0.0256 e. The SMILES string of the molecule is CCC(C)C(C(C)C)C1(C)CC2CC(C)C(C)C21. The first kappa shape index (κ1) is 14.4. The van der Waals surface area contributed by atoms with Gasteiger partial charge in [-0.05, 0) is 59.7 Å². The van der Waals surface area contributed by atoms with Crippen LogP contribution in [0.2, 0.25) is 0 Å². The van der Waals surface area contributed by atoms with Gasteiger partial charge in [0.25, 0.3) is 0 Å². The Labute approximate surface area is 115 Å². The van der Waals surface area contributed by atoms with Crippen molar-refractivity contribution in [2.24, 2.45) is 46.8 Å². The molecule has 0 bridgehead atoms. The van der Waals surface area contributed by atoms with Gasteiger partial charge in [0, 0.05) is 0 Å². The second-order valence-corrected chi connectivity index (χ2v) is 8.22. The molecule has 0 saturated heterocycles. The molecule has 0 spiro atoms. The second-order valence-electron chi connectivity index (χ2n) is 8.22. The fourth-order valence-electron chi connectivity index (χ4n) is 6.19. The molecular formula is C18H34. The van der Waals surface area contributed by atoms with Crippen LogP contribution in [0.15, 0.2) is 0 Å². The molecule has 0 aromatic rings. The quantitative estimate of drug-likeness (QED) is 0.607. The Kier molecular flexibility index (Phi) is 3.87. The zero-order valence-electron chi connectivity index (χ0n) is 13.7. The minimum atomic E-state index is 0.637. The highest BCUT2D eigenvalue weighted by Gasteiger charge is 2.60. The highest BCUT2D eigenvalue weighted by molar-refractivity contribution is 5.09. The van der Waals surface area contributed by atoms with E-state index in [1.54, 1.807) is 0 Å². The lowest BCUT2D eigenvalue weighted by atomic mass is 9.45. The van der Waals surface area contributed by atoms with E-state index in [0.29, 0.717) is 5.41 Å². The van der Waals surface area contributed by atoms with Crippen molar-refractivity contribution in [3.8, 4) is 0 Å². The Balaban J connectivity index is 2.21. The first-order valence-electron chi connectivity index (χ1n) is 8.32. The molecule has 0 aromatic heterocycles. The van der Waals surface area contributed by atoms with E-state index in [1.807, 2.05) is 0 Å². The molecule has 0 radical (unpaired) electrons. The summed E-state index contributed by atoms with van der Waals surface area (Å²) in [5.41, 5.74) is 0.637. The second kappa shape index (κ2) is 4.84. The number of rotatable bonds is 4. The molecule has 0 N–H and O–H groups in total. The van der Waals surface area contributed by atoms with Crippen molar-refractivity contribution in [1.29, 1.82) is 0 Å². The molecule has 2 saturated carbocycles. The van der Waals surface area contributed by atoms with Gasteiger partial charge in [-0.2, -0.15) is 0 Å². The first-order valence-corrected chi connectivity index (χ1v) is 8.32. The molecule has 2 aliphatic carbocycles. The molecule has 7 atom stereocenters. The Hall–Kier alpha value is 0. The summed E-state index contributed by atoms with van der Waals surface area (Å²) in [4.78, 5) is 0. The van der Waals surface area contributed by atoms with Crippen molar-refractivity contribution in [3.05, 3.63) is 0 Å². The minimum absolute atomic E-state index is 0.637. The fraction of sp³-hybridized carbons (Fsp3) is 1.00. The Morgan fingerprint density at radius 3 is 2.22 bits per heavy atom. The summed E-state index contributed by atoms with van der Waals surface area (Å²) in [6.45, 7) is 17.4. The lowest BCUT2D eigenvalue weighted by Crippen LogP contribution is -2.53. The highest BCUT2D eigenvalue weighted by atomic mass is 14.7. The Morgan fingerprint density at radius 1 is 1.17 bits per heavy atom. The zero-order chi connectivity index (χ0) is 13.7. The van der Waals surface area contributed by atoms with E-state index in [1.165, 1.54) is 19.3 Å². The lowest BCUT2D eigenvalue weighted by Gasteiger charge is -2.59. The maximum absolute atomic E-state index is 2.62. The molecule has 0 aliphatic heterocycles. The van der Waals surface area contributed by atoms with Gasteiger partial charge in [-0.3, -0.25) is 0 Å². The van der Waals surface area contributed by atoms with E-state index in [-0.39, 0.29) is 0 Å². The molecule has 0 aromatic carbocycles. The van der Waals surface area contributed by atoms with E-state index in [9.17, 15) is 0 Å². The first-order chi connectivity index (χ1) is 8.32. The average Bonchev–Trinajstić information content (AvgIpc) is 2.49. The summed E-state index contributed by atoms with van der Waals surface area (Å²) in [7, 11) is 0. The van der Waals surface area contributed by atoms with Gasteiger partial charge in [-0.15, -0.1) is 0 Å². The molecule has 2 rings (SSSR count). The number of fused-ring (bicyclic) bond motifs is 1. The van der Waals surface area contributed by atoms with Crippen LogP contribution in [-0.4, -0.2) is 0 Å². The number of hydrogen-bond donors (Lipinski definition) is 0. The summed E-state index contributed by atoms with van der Waals surface area (Å²) < 4.78 is 0. The maximum atomic E-state index is 2.62. The van der Waals surface area contributed by atoms with Crippen LogP contribution in [0.1, 0.15) is 67.7 Å². The normalized spacial score (nSPS) is 46.7. The molecule has 2 aliphatic rings. The van der Waals surface area contributed by atoms with Crippen molar-refractivity contribution >= 4 is 0 Å². The summed E-state index contributed by atoms with van der Waals surface area (Å²) in [5, 5.41) is 0. The predicted molar refractivity (Wildman–Crippen MR) is 80.4 cm³/mol. The molecule has 0 amide bonds. The molecule has 106 valence electrons. The predicted octanol–water partition coefficient (Wildman–Crippen LogP) is 5.62. The standard InChI is InChI=1S/C18H34/c1-8-12(4)16(11(2)3)18(7)10-15-9-13(5)14(6)17(15)18/h11-17H,8-10H2,1-7H3. The van der Waals surface area contributed by atoms with Crippen LogP contribution in [0.4, 0.5) is 0 Å². The minimum Gasteiger partial charge on any atom is -0.0651 e. The van der Waals surface area contributed by atoms with Gasteiger partial charge in [-0.25, -0.2) is 0 Å². The van der Waals surface area contributed by atoms with Gasteiger partial charge in [0.05, 0.1) is 0 Å². The topological polar surface area (TPSA) is 0 Å². The summed E-state index contributed by atoms with van der Waals surface area (Å²) in [6, 6.07) is 0. The van der Waals surface area contributed by atoms with Crippen molar-refractivity contribution in [2.45, 2.75) is 67.7 Å². The third-order valence-corrected chi connectivity index (χ3v) is 6.85. The van der Waals surface area contributed by atoms with E-state index < -0.39 is 0 Å². The van der Waals surface area contributed by atoms with Gasteiger partial charge in [0.1, 0.15) is 0 Å². The van der Waals surface area contributed by atoms with Gasteiger partial charge in [0.2, 0.25) is 0 Å². The monoisotopic (exact) mass is 250 g/mol. The van der Waals surface area contributed by atoms with Crippen LogP contribution >= 0.6 is 0 Å². The van der Waals surface area contributed by atoms with Crippen LogP contribution in [0.5, 0.6) is 0 Å². The lowest BCUT2D eigenvalue weighted by molar-refractivity contribution is -0.110. The van der Waals surface area contributed by atoms with Crippen molar-refractivity contribution in [1.82, 2.24) is 0 Å². The van der Waals surface area contributed by atoms with Crippen LogP contribution < -0.4 is 0 Å². The van der Waals surface area contributed by atoms with E-state index in [2.05, 4.69) is 48.5 Å². The molecule has 0 nitrogen and oxygen atoms in total. The van der Waals surface area contributed by atoms with E-state index >= 15 is 0 Å². The Morgan fingerprint density at radius 2 is 1.78 bits per heavy atom. The van der Waals surface area contributed by atoms with E-state index in [4.69, 9.17) is 0 Å². The summed E-state index contributed by atoms with van der Waals surface area (Å²) >= 11 is 0. The van der Waals surface area contributed by atoms with Gasteiger partial charge >= 0.3 is 0 Å². The average molecular weight is 250 g/mol.